The average molecular weight is 667 g/mol. The molecule has 1 spiro atoms. The lowest BCUT2D eigenvalue weighted by Gasteiger charge is -2.57. The number of carbonyl (C=O) groups excluding carboxylic acids is 4. The average Bonchev–Trinajstić information content (AvgIpc) is 3.39. The van der Waals surface area contributed by atoms with Crippen molar-refractivity contribution in [2.45, 2.75) is 81.4 Å². The van der Waals surface area contributed by atoms with Crippen molar-refractivity contribution in [2.75, 3.05) is 30.9 Å². The molecular formula is C32H42N8O6S. The van der Waals surface area contributed by atoms with Crippen molar-refractivity contribution in [1.29, 1.82) is 0 Å². The van der Waals surface area contributed by atoms with Crippen LogP contribution in [0.3, 0.4) is 0 Å². The van der Waals surface area contributed by atoms with Crippen LogP contribution in [0, 0.1) is 6.92 Å². The summed E-state index contributed by atoms with van der Waals surface area (Å²) in [5, 5.41) is 20.0. The number of hydrogen-bond donors (Lipinski definition) is 5. The number of urea groups is 1. The van der Waals surface area contributed by atoms with Gasteiger partial charge in [-0.1, -0.05) is 13.8 Å². The minimum Gasteiger partial charge on any atom is -0.352 e. The summed E-state index contributed by atoms with van der Waals surface area (Å²) in [5.41, 5.74) is -1.18. The lowest BCUT2D eigenvalue weighted by Crippen LogP contribution is -2.84. The molecule has 14 nitrogen and oxygen atoms in total. The number of aryl methyl sites for hydroxylation is 1. The normalized spacial score (nSPS) is 25.1. The fraction of sp³-hybridized carbons (Fsp3) is 0.500. The monoisotopic (exact) mass is 666 g/mol. The Hall–Kier alpha value is -4.37. The molecule has 0 aromatic heterocycles. The molecule has 5 rings (SSSR count). The number of hydrogen-bond acceptors (Lipinski definition) is 9. The molecule has 5 N–H and O–H groups in total. The van der Waals surface area contributed by atoms with Crippen molar-refractivity contribution in [3.05, 3.63) is 53.6 Å². The Balaban J connectivity index is 1.26. The van der Waals surface area contributed by atoms with Crippen molar-refractivity contribution < 1.29 is 27.6 Å². The Morgan fingerprint density at radius 2 is 1.74 bits per heavy atom. The number of β-lactam (4-membered cyclic amide) rings is 1. The van der Waals surface area contributed by atoms with E-state index in [4.69, 9.17) is 0 Å². The van der Waals surface area contributed by atoms with Gasteiger partial charge >= 0.3 is 6.03 Å². The number of sulfonamides is 1. The van der Waals surface area contributed by atoms with Crippen LogP contribution in [-0.4, -0.2) is 86.3 Å². The van der Waals surface area contributed by atoms with E-state index in [1.807, 2.05) is 0 Å². The molecule has 2 aromatic rings. The van der Waals surface area contributed by atoms with E-state index < -0.39 is 32.8 Å². The van der Waals surface area contributed by atoms with Gasteiger partial charge in [-0.25, -0.2) is 13.2 Å². The smallest absolute Gasteiger partial charge is 0.315 e. The number of anilines is 1. The van der Waals surface area contributed by atoms with Crippen molar-refractivity contribution >= 4 is 45.0 Å². The van der Waals surface area contributed by atoms with Crippen molar-refractivity contribution in [3.63, 3.8) is 0 Å². The third-order valence-electron chi connectivity index (χ3n) is 9.34. The lowest BCUT2D eigenvalue weighted by molar-refractivity contribution is -0.155. The number of nitrogens with zero attached hydrogens (tertiary/aromatic N) is 3. The van der Waals surface area contributed by atoms with Crippen LogP contribution in [0.4, 0.5) is 16.2 Å². The van der Waals surface area contributed by atoms with Crippen LogP contribution >= 0.6 is 0 Å². The second-order valence-corrected chi connectivity index (χ2v) is 14.1. The molecule has 47 heavy (non-hydrogen) atoms. The van der Waals surface area contributed by atoms with Crippen LogP contribution in [0.2, 0.25) is 0 Å². The van der Waals surface area contributed by atoms with Crippen molar-refractivity contribution in [2.24, 2.45) is 10.2 Å². The first-order valence-corrected chi connectivity index (χ1v) is 17.4. The first-order valence-electron chi connectivity index (χ1n) is 15.9. The Morgan fingerprint density at radius 1 is 1.04 bits per heavy atom. The number of azo groups is 1. The number of ketones is 1. The molecule has 0 radical (unpaired) electrons. The van der Waals surface area contributed by atoms with Gasteiger partial charge in [0, 0.05) is 17.8 Å². The van der Waals surface area contributed by atoms with Gasteiger partial charge in [-0.05, 0) is 107 Å². The molecule has 2 heterocycles. The van der Waals surface area contributed by atoms with Gasteiger partial charge in [0.05, 0.1) is 28.2 Å². The zero-order chi connectivity index (χ0) is 34.0. The summed E-state index contributed by atoms with van der Waals surface area (Å²) < 4.78 is 29.1. The van der Waals surface area contributed by atoms with Crippen LogP contribution in [0.5, 0.6) is 0 Å². The van der Waals surface area contributed by atoms with Crippen molar-refractivity contribution in [1.82, 2.24) is 26.2 Å². The van der Waals surface area contributed by atoms with Gasteiger partial charge in [-0.3, -0.25) is 19.1 Å². The second-order valence-electron chi connectivity index (χ2n) is 12.4. The van der Waals surface area contributed by atoms with E-state index in [0.29, 0.717) is 36.9 Å². The highest BCUT2D eigenvalue weighted by Crippen LogP contribution is 2.47. The molecule has 4 amide bonds. The van der Waals surface area contributed by atoms with Gasteiger partial charge in [-0.2, -0.15) is 10.2 Å². The van der Waals surface area contributed by atoms with Gasteiger partial charge < -0.3 is 26.2 Å². The van der Waals surface area contributed by atoms with E-state index in [1.54, 1.807) is 19.1 Å². The van der Waals surface area contributed by atoms with E-state index >= 15 is 0 Å². The van der Waals surface area contributed by atoms with Crippen LogP contribution in [0.15, 0.2) is 57.6 Å². The van der Waals surface area contributed by atoms with E-state index in [2.05, 4.69) is 55.0 Å². The summed E-state index contributed by atoms with van der Waals surface area (Å²) in [6, 6.07) is 9.75. The minimum atomic E-state index is -4.04. The van der Waals surface area contributed by atoms with E-state index in [1.165, 1.54) is 37.3 Å². The number of amides is 4. The number of Topliss-reactive ketones (excluding diaryl/α,β-unsaturated/α-hetero) is 1. The molecule has 4 atom stereocenters. The summed E-state index contributed by atoms with van der Waals surface area (Å²) in [6.07, 6.45) is 2.11. The number of rotatable bonds is 13. The minimum absolute atomic E-state index is 0.0534. The second kappa shape index (κ2) is 13.4. The zero-order valence-electron chi connectivity index (χ0n) is 27.1. The highest BCUT2D eigenvalue weighted by Gasteiger charge is 2.72. The maximum absolute atomic E-state index is 13.3. The van der Waals surface area contributed by atoms with Crippen LogP contribution in [0.1, 0.15) is 62.4 Å². The largest absolute Gasteiger partial charge is 0.352 e. The van der Waals surface area contributed by atoms with Crippen LogP contribution in [0.25, 0.3) is 0 Å². The standard InChI is InChI=1S/C32H42N8O6S/c1-5-40(6-2)15-7-14-33-28(42)22-16-20(3)17-24(18-22)38-47(45,46)25-10-8-23(9-11-25)37-39-32(21(4)41)29(43)36-31(32)13-12-26-27(19-31)35-30(44)34-26/h8-11,16-18,26-27,38H,5-7,12-15,19H2,1-4H3,(H,33,42)(H,36,43)(H2,34,35,44). The Labute approximate surface area is 274 Å². The maximum Gasteiger partial charge on any atom is 0.315 e. The Bertz CT molecular complexity index is 1680. The first kappa shape index (κ1) is 34.0. The molecule has 1 saturated carbocycles. The molecule has 2 aliphatic heterocycles. The maximum atomic E-state index is 13.3. The number of nitrogens with one attached hydrogen (secondary N) is 5. The Kier molecular flexibility index (Phi) is 9.68. The van der Waals surface area contributed by atoms with Crippen LogP contribution in [-0.2, 0) is 19.6 Å². The van der Waals surface area contributed by atoms with Crippen molar-refractivity contribution in [3.8, 4) is 0 Å². The molecule has 3 aliphatic rings. The highest BCUT2D eigenvalue weighted by molar-refractivity contribution is 7.92. The molecule has 1 aliphatic carbocycles. The zero-order valence-corrected chi connectivity index (χ0v) is 27.9. The number of fused-ring (bicyclic) bond motifs is 1. The van der Waals surface area contributed by atoms with Crippen LogP contribution < -0.4 is 26.0 Å². The fourth-order valence-corrected chi connectivity index (χ4v) is 7.83. The van der Waals surface area contributed by atoms with Gasteiger partial charge in [-0.15, -0.1) is 0 Å². The quantitative estimate of drug-likeness (QED) is 0.0940. The number of benzene rings is 2. The lowest BCUT2D eigenvalue weighted by atomic mass is 9.58. The molecule has 252 valence electrons. The van der Waals surface area contributed by atoms with E-state index in [9.17, 15) is 27.6 Å². The predicted octanol–water partition coefficient (Wildman–Crippen LogP) is 2.77. The molecule has 2 aromatic carbocycles. The summed E-state index contributed by atoms with van der Waals surface area (Å²) >= 11 is 0. The van der Waals surface area contributed by atoms with E-state index in [0.717, 1.165) is 26.1 Å². The Morgan fingerprint density at radius 3 is 2.40 bits per heavy atom. The summed E-state index contributed by atoms with van der Waals surface area (Å²) in [6.45, 7) is 10.5. The molecule has 2 saturated heterocycles. The first-order chi connectivity index (χ1) is 22.3. The molecule has 0 bridgehead atoms. The molecule has 15 heteroatoms. The van der Waals surface area contributed by atoms with Gasteiger partial charge in [0.2, 0.25) is 5.54 Å². The summed E-state index contributed by atoms with van der Waals surface area (Å²) in [7, 11) is -4.04. The number of carbonyl (C=O) groups is 4. The SMILES string of the molecule is CCN(CC)CCCNC(=O)c1cc(C)cc(NS(=O)(=O)c2ccc(N=NC3(C(C)=O)C(=O)NC34CCC3NC(=O)NC3C4)cc2)c1. The highest BCUT2D eigenvalue weighted by atomic mass is 32.2. The van der Waals surface area contributed by atoms with E-state index in [-0.39, 0.29) is 40.3 Å². The molecular weight excluding hydrogens is 624 g/mol. The summed E-state index contributed by atoms with van der Waals surface area (Å²) in [5.74, 6) is -1.31. The van der Waals surface area contributed by atoms with Gasteiger partial charge in [0.15, 0.2) is 5.78 Å². The topological polar surface area (TPSA) is 191 Å². The van der Waals surface area contributed by atoms with Gasteiger partial charge in [0.25, 0.3) is 21.8 Å². The molecule has 4 unspecified atom stereocenters. The summed E-state index contributed by atoms with van der Waals surface area (Å²) in [4.78, 5) is 52.7. The molecule has 3 fully saturated rings. The fourth-order valence-electron chi connectivity index (χ4n) is 6.79. The third kappa shape index (κ3) is 6.72. The predicted molar refractivity (Wildman–Crippen MR) is 175 cm³/mol. The van der Waals surface area contributed by atoms with Gasteiger partial charge in [0.1, 0.15) is 0 Å². The third-order valence-corrected chi connectivity index (χ3v) is 10.7.